The molecule has 0 spiro atoms. The first-order valence-electron chi connectivity index (χ1n) is 27.5. The number of aromatic nitrogens is 6. The summed E-state index contributed by atoms with van der Waals surface area (Å²) in [5.41, 5.74) is 16.2. The molecule has 1 radical (unpaired) electrons. The van der Waals surface area contributed by atoms with Crippen LogP contribution in [0.5, 0.6) is 0 Å². The second-order valence-corrected chi connectivity index (χ2v) is 20.7. The number of nitrogens with zero attached hydrogens (tertiary/aromatic N) is 6. The van der Waals surface area contributed by atoms with Gasteiger partial charge in [-0.1, -0.05) is 139 Å². The molecular formula is C67H57FIrN6O2-2. The largest absolute Gasteiger partial charge is 0.486 e. The Bertz CT molecular complexity index is 4420. The number of benzene rings is 7. The number of halogens is 1. The topological polar surface area (TPSA) is 87.7 Å². The van der Waals surface area contributed by atoms with Crippen LogP contribution in [0.2, 0.25) is 0 Å². The quantitative estimate of drug-likeness (QED) is 0.134. The van der Waals surface area contributed by atoms with Crippen LogP contribution in [-0.2, 0) is 20.1 Å². The number of pyridine rings is 2. The second kappa shape index (κ2) is 20.5. The number of imidazole rings is 2. The fourth-order valence-corrected chi connectivity index (χ4v) is 10.8. The summed E-state index contributed by atoms with van der Waals surface area (Å²) in [4.78, 5) is 19.5. The van der Waals surface area contributed by atoms with Gasteiger partial charge in [-0.3, -0.25) is 14.4 Å². The summed E-state index contributed by atoms with van der Waals surface area (Å²) >= 11 is 0. The van der Waals surface area contributed by atoms with Crippen LogP contribution in [-0.4, -0.2) is 29.1 Å². The number of aryl methyl sites for hydroxylation is 1. The Morgan fingerprint density at radius 3 is 1.61 bits per heavy atom. The van der Waals surface area contributed by atoms with E-state index in [2.05, 4.69) is 136 Å². The van der Waals surface area contributed by atoms with E-state index in [0.29, 0.717) is 34.4 Å². The van der Waals surface area contributed by atoms with E-state index < -0.39 is 6.85 Å². The minimum Gasteiger partial charge on any atom is -0.486 e. The standard InChI is InChI=1S/C42H33N4O2.C25H24FN2.Ir/c1-23(2)26-11-8-12-27(24(3)4)37(26)46-36-18-7-6-17-35(36)44-40(46)33-16-10-14-29-31-21-22-34(45-42(31)48-39(29)33)32-15-9-13-28-30-20-19-25(5)43-41(30)47-38(28)32;1-16(2)20-8-7-9-21(17(3)4)24(20)28-23-11-6-5-10-22(23)27-25(28)18-12-14-19(26)15-13-18;/h6-15,17-24H,1-5H3;5-12,14-17H,1-4H3;/q2*-1;/i5D3;;. The molecule has 0 aliphatic heterocycles. The average Bonchev–Trinajstić information content (AvgIpc) is 4.38. The fraction of sp³-hybridized carbons (Fsp3) is 0.194. The van der Waals surface area contributed by atoms with Gasteiger partial charge in [0.2, 0.25) is 11.4 Å². The van der Waals surface area contributed by atoms with Crippen molar-refractivity contribution in [1.82, 2.24) is 29.1 Å². The maximum absolute atomic E-state index is 13.5. The van der Waals surface area contributed by atoms with Crippen molar-refractivity contribution < 1.29 is 37.4 Å². The number of hydrogen-bond donors (Lipinski definition) is 0. The Balaban J connectivity index is 0.000000197. The predicted octanol–water partition coefficient (Wildman–Crippen LogP) is 18.2. The summed E-state index contributed by atoms with van der Waals surface area (Å²) < 4.78 is 54.3. The van der Waals surface area contributed by atoms with E-state index in [9.17, 15) is 4.39 Å². The van der Waals surface area contributed by atoms with Crippen molar-refractivity contribution in [3.8, 4) is 45.4 Å². The zero-order valence-corrected chi connectivity index (χ0v) is 46.4. The average molecular weight is 1190 g/mol. The molecular weight excluding hydrogens is 1130 g/mol. The van der Waals surface area contributed by atoms with Gasteiger partial charge < -0.3 is 18.0 Å². The molecule has 8 nitrogen and oxygen atoms in total. The van der Waals surface area contributed by atoms with Gasteiger partial charge in [0.1, 0.15) is 5.58 Å². The first-order chi connectivity index (χ1) is 38.0. The van der Waals surface area contributed by atoms with Gasteiger partial charge >= 0.3 is 0 Å². The zero-order chi connectivity index (χ0) is 55.0. The molecule has 0 amide bonds. The Hall–Kier alpha value is -8.04. The molecule has 0 aliphatic carbocycles. The van der Waals surface area contributed by atoms with E-state index in [1.165, 1.54) is 46.1 Å². The summed E-state index contributed by atoms with van der Waals surface area (Å²) in [5, 5.41) is 3.36. The van der Waals surface area contributed by atoms with Crippen molar-refractivity contribution in [1.29, 1.82) is 0 Å². The van der Waals surface area contributed by atoms with Gasteiger partial charge in [0.25, 0.3) is 0 Å². The van der Waals surface area contributed by atoms with E-state index >= 15 is 0 Å². The van der Waals surface area contributed by atoms with Crippen LogP contribution in [0.1, 0.15) is 111 Å². The van der Waals surface area contributed by atoms with Gasteiger partial charge in [-0.2, -0.15) is 0 Å². The Labute approximate surface area is 465 Å². The van der Waals surface area contributed by atoms with E-state index in [1.807, 2.05) is 72.8 Å². The summed E-state index contributed by atoms with van der Waals surface area (Å²) in [6.07, 6.45) is 0. The van der Waals surface area contributed by atoms with Crippen molar-refractivity contribution in [2.24, 2.45) is 0 Å². The zero-order valence-electron chi connectivity index (χ0n) is 47.0. The van der Waals surface area contributed by atoms with Gasteiger partial charge in [0.05, 0.1) is 45.0 Å². The van der Waals surface area contributed by atoms with Gasteiger partial charge in [-0.15, -0.1) is 48.0 Å². The molecule has 0 N–H and O–H groups in total. The monoisotopic (exact) mass is 1190 g/mol. The van der Waals surface area contributed by atoms with Gasteiger partial charge in [-0.05, 0) is 107 Å². The SMILES string of the molecule is CC(C)c1cccc(C(C)C)c1-n1c(-c2[c-]cc(F)cc2)nc2ccccc21.[2H]C([2H])([2H])c1ccc2c(n1)oc1c(-c3ccc4c(n3)oc3c(-c5nc6ccccc6n5-c5c(C(C)C)cccc5C(C)C)[c-]ccc34)cccc12.[Ir]. The molecule has 0 aliphatic rings. The van der Waals surface area contributed by atoms with Crippen molar-refractivity contribution in [2.75, 3.05) is 0 Å². The first kappa shape index (κ1) is 47.4. The summed E-state index contributed by atoms with van der Waals surface area (Å²) in [6, 6.07) is 57.6. The molecule has 385 valence electrons. The van der Waals surface area contributed by atoms with E-state index in [4.69, 9.17) is 27.9 Å². The maximum Gasteiger partial charge on any atom is 0.227 e. The van der Waals surface area contributed by atoms with Crippen LogP contribution in [0.25, 0.3) is 112 Å². The van der Waals surface area contributed by atoms with Gasteiger partial charge in [0, 0.05) is 68.8 Å². The van der Waals surface area contributed by atoms with Crippen molar-refractivity contribution in [2.45, 2.75) is 85.9 Å². The number of para-hydroxylation sites is 7. The van der Waals surface area contributed by atoms with Crippen LogP contribution >= 0.6 is 0 Å². The number of furan rings is 2. The second-order valence-electron chi connectivity index (χ2n) is 20.7. The van der Waals surface area contributed by atoms with Gasteiger partial charge in [-0.25, -0.2) is 9.97 Å². The molecule has 0 bridgehead atoms. The Kier molecular flexibility index (Phi) is 12.6. The van der Waals surface area contributed by atoms with Crippen LogP contribution < -0.4 is 0 Å². The summed E-state index contributed by atoms with van der Waals surface area (Å²) in [6.45, 7) is 15.4. The molecule has 0 unspecified atom stereocenters. The predicted molar refractivity (Wildman–Crippen MR) is 307 cm³/mol. The molecule has 13 aromatic rings. The van der Waals surface area contributed by atoms with E-state index in [1.54, 1.807) is 12.1 Å². The Morgan fingerprint density at radius 2 is 1.03 bits per heavy atom. The molecule has 6 heterocycles. The Morgan fingerprint density at radius 1 is 0.494 bits per heavy atom. The smallest absolute Gasteiger partial charge is 0.227 e. The molecule has 10 heteroatoms. The third-order valence-corrected chi connectivity index (χ3v) is 14.4. The van der Waals surface area contributed by atoms with Crippen LogP contribution in [0, 0.1) is 24.8 Å². The van der Waals surface area contributed by atoms with Crippen molar-refractivity contribution in [3.05, 3.63) is 204 Å². The van der Waals surface area contributed by atoms with E-state index in [0.717, 1.165) is 77.6 Å². The maximum atomic E-state index is 13.5. The van der Waals surface area contributed by atoms with Gasteiger partial charge in [0.15, 0.2) is 0 Å². The summed E-state index contributed by atoms with van der Waals surface area (Å²) in [7, 11) is 0. The minimum absolute atomic E-state index is 0. The minimum atomic E-state index is -2.33. The molecule has 7 aromatic carbocycles. The molecule has 0 fully saturated rings. The first-order valence-corrected chi connectivity index (χ1v) is 26.0. The van der Waals surface area contributed by atoms with E-state index in [-0.39, 0.29) is 49.2 Å². The third kappa shape index (κ3) is 8.93. The van der Waals surface area contributed by atoms with Crippen molar-refractivity contribution in [3.63, 3.8) is 0 Å². The molecule has 0 atom stereocenters. The molecule has 77 heavy (non-hydrogen) atoms. The number of fused-ring (bicyclic) bond motifs is 8. The molecule has 13 rings (SSSR count). The van der Waals surface area contributed by atoms with Crippen LogP contribution in [0.15, 0.2) is 167 Å². The number of rotatable bonds is 9. The molecule has 0 saturated carbocycles. The number of hydrogen-bond acceptors (Lipinski definition) is 6. The third-order valence-electron chi connectivity index (χ3n) is 14.4. The molecule has 0 saturated heterocycles. The van der Waals surface area contributed by atoms with Crippen LogP contribution in [0.3, 0.4) is 0 Å². The normalized spacial score (nSPS) is 12.6. The van der Waals surface area contributed by atoms with Crippen LogP contribution in [0.4, 0.5) is 4.39 Å². The van der Waals surface area contributed by atoms with Crippen molar-refractivity contribution >= 4 is 66.2 Å². The molecule has 6 aromatic heterocycles. The summed E-state index contributed by atoms with van der Waals surface area (Å²) in [5.74, 6) is 2.55. The fourth-order valence-electron chi connectivity index (χ4n) is 10.8.